The third-order valence-corrected chi connectivity index (χ3v) is 4.45. The van der Waals surface area contributed by atoms with Gasteiger partial charge in [-0.15, -0.1) is 0 Å². The summed E-state index contributed by atoms with van der Waals surface area (Å²) in [7, 11) is -0.971. The van der Waals surface area contributed by atoms with Gasteiger partial charge >= 0.3 is 0 Å². The van der Waals surface area contributed by atoms with E-state index in [1.165, 1.54) is 0 Å². The maximum Gasteiger partial charge on any atom is 0.162 e. The molecule has 1 aromatic carbocycles. The van der Waals surface area contributed by atoms with E-state index in [2.05, 4.69) is 19.2 Å². The molecular weight excluding hydrogens is 274 g/mol. The van der Waals surface area contributed by atoms with Crippen molar-refractivity contribution in [1.82, 2.24) is 5.32 Å². The van der Waals surface area contributed by atoms with E-state index in [1.54, 1.807) is 0 Å². The lowest BCUT2D eigenvalue weighted by atomic mass is 10.2. The van der Waals surface area contributed by atoms with Crippen LogP contribution in [-0.2, 0) is 10.8 Å². The molecule has 0 saturated heterocycles. The minimum atomic E-state index is -0.971. The summed E-state index contributed by atoms with van der Waals surface area (Å²) in [5.41, 5.74) is 0. The molecule has 0 aromatic heterocycles. The molecule has 1 aliphatic rings. The summed E-state index contributed by atoms with van der Waals surface area (Å²) < 4.78 is 23.2. The first-order chi connectivity index (χ1) is 9.66. The number of rotatable bonds is 7. The third kappa shape index (κ3) is 4.49. The van der Waals surface area contributed by atoms with Gasteiger partial charge < -0.3 is 14.8 Å². The van der Waals surface area contributed by atoms with Gasteiger partial charge in [-0.25, -0.2) is 0 Å². The van der Waals surface area contributed by atoms with Gasteiger partial charge in [0.05, 0.1) is 10.8 Å². The lowest BCUT2D eigenvalue weighted by molar-refractivity contribution is 0.171. The van der Waals surface area contributed by atoms with E-state index in [0.29, 0.717) is 30.6 Å². The number of benzene rings is 1. The molecule has 1 aromatic rings. The second-order valence-corrected chi connectivity index (χ2v) is 6.88. The van der Waals surface area contributed by atoms with Gasteiger partial charge in [0.2, 0.25) is 0 Å². The number of hydrogen-bond donors (Lipinski definition) is 1. The van der Waals surface area contributed by atoms with Crippen LogP contribution in [0.5, 0.6) is 11.5 Å². The van der Waals surface area contributed by atoms with Gasteiger partial charge in [-0.1, -0.05) is 13.8 Å². The van der Waals surface area contributed by atoms with Gasteiger partial charge in [-0.05, 0) is 37.6 Å². The molecule has 1 heterocycles. The van der Waals surface area contributed by atoms with Gasteiger partial charge in [-0.2, -0.15) is 0 Å². The van der Waals surface area contributed by atoms with E-state index < -0.39 is 10.8 Å². The fourth-order valence-corrected chi connectivity index (χ4v) is 3.10. The maximum absolute atomic E-state index is 12.2. The molecule has 1 atom stereocenters. The Morgan fingerprint density at radius 1 is 1.25 bits per heavy atom. The zero-order chi connectivity index (χ0) is 14.4. The number of fused-ring (bicyclic) bond motifs is 1. The SMILES string of the molecule is CC(C)CNCCCS(=O)c1ccc2c(c1)OCCO2. The monoisotopic (exact) mass is 297 g/mol. The van der Waals surface area contributed by atoms with Crippen LogP contribution in [0.3, 0.4) is 0 Å². The molecule has 0 amide bonds. The largest absolute Gasteiger partial charge is 0.486 e. The van der Waals surface area contributed by atoms with Crippen molar-refractivity contribution >= 4 is 10.8 Å². The van der Waals surface area contributed by atoms with Crippen LogP contribution in [0.4, 0.5) is 0 Å². The fraction of sp³-hybridized carbons (Fsp3) is 0.600. The molecule has 2 rings (SSSR count). The van der Waals surface area contributed by atoms with Crippen molar-refractivity contribution in [3.8, 4) is 11.5 Å². The Morgan fingerprint density at radius 3 is 2.75 bits per heavy atom. The van der Waals surface area contributed by atoms with Crippen LogP contribution in [-0.4, -0.2) is 36.3 Å². The number of hydrogen-bond acceptors (Lipinski definition) is 4. The third-order valence-electron chi connectivity index (χ3n) is 3.01. The summed E-state index contributed by atoms with van der Waals surface area (Å²) in [4.78, 5) is 0.818. The van der Waals surface area contributed by atoms with E-state index in [9.17, 15) is 4.21 Å². The second kappa shape index (κ2) is 7.64. The zero-order valence-electron chi connectivity index (χ0n) is 12.2. The van der Waals surface area contributed by atoms with Crippen molar-refractivity contribution in [2.24, 2.45) is 5.92 Å². The molecule has 0 radical (unpaired) electrons. The molecule has 4 nitrogen and oxygen atoms in total. The standard InChI is InChI=1S/C15H23NO3S/c1-12(2)11-16-6-3-9-20(17)13-4-5-14-15(10-13)19-8-7-18-14/h4-5,10,12,16H,3,6-9,11H2,1-2H3. The fourth-order valence-electron chi connectivity index (χ4n) is 2.00. The first-order valence-corrected chi connectivity index (χ1v) is 8.47. The quantitative estimate of drug-likeness (QED) is 0.784. The van der Waals surface area contributed by atoms with E-state index >= 15 is 0 Å². The molecule has 0 aliphatic carbocycles. The minimum absolute atomic E-state index is 0.558. The van der Waals surface area contributed by atoms with Gasteiger partial charge in [0.15, 0.2) is 11.5 Å². The van der Waals surface area contributed by atoms with Gasteiger partial charge in [0.1, 0.15) is 13.2 Å². The predicted molar refractivity (Wildman–Crippen MR) is 81.0 cm³/mol. The van der Waals surface area contributed by atoms with Gasteiger partial charge in [-0.3, -0.25) is 4.21 Å². The lowest BCUT2D eigenvalue weighted by Gasteiger charge is -2.18. The maximum atomic E-state index is 12.2. The molecular formula is C15H23NO3S. The highest BCUT2D eigenvalue weighted by molar-refractivity contribution is 7.85. The van der Waals surface area contributed by atoms with Gasteiger partial charge in [0.25, 0.3) is 0 Å². The van der Waals surface area contributed by atoms with Gasteiger partial charge in [0, 0.05) is 16.7 Å². The minimum Gasteiger partial charge on any atom is -0.486 e. The Bertz CT molecular complexity index is 462. The predicted octanol–water partition coefficient (Wildman–Crippen LogP) is 2.20. The highest BCUT2D eigenvalue weighted by Crippen LogP contribution is 2.31. The molecule has 1 aliphatic heterocycles. The number of nitrogens with one attached hydrogen (secondary N) is 1. The molecule has 0 saturated carbocycles. The van der Waals surface area contributed by atoms with Crippen LogP contribution < -0.4 is 14.8 Å². The Morgan fingerprint density at radius 2 is 2.00 bits per heavy atom. The topological polar surface area (TPSA) is 47.6 Å². The zero-order valence-corrected chi connectivity index (χ0v) is 13.0. The Kier molecular flexibility index (Phi) is 5.86. The summed E-state index contributed by atoms with van der Waals surface area (Å²) in [6.07, 6.45) is 0.910. The van der Waals surface area contributed by atoms with Crippen LogP contribution in [0, 0.1) is 5.92 Å². The van der Waals surface area contributed by atoms with Crippen LogP contribution in [0.15, 0.2) is 23.1 Å². The van der Waals surface area contributed by atoms with Crippen molar-refractivity contribution in [1.29, 1.82) is 0 Å². The van der Waals surface area contributed by atoms with Crippen LogP contribution >= 0.6 is 0 Å². The average Bonchev–Trinajstić information content (AvgIpc) is 2.46. The normalized spacial score (nSPS) is 15.3. The Balaban J connectivity index is 1.80. The average molecular weight is 297 g/mol. The summed E-state index contributed by atoms with van der Waals surface area (Å²) in [5.74, 6) is 2.78. The van der Waals surface area contributed by atoms with Crippen molar-refractivity contribution in [2.45, 2.75) is 25.2 Å². The van der Waals surface area contributed by atoms with Crippen molar-refractivity contribution < 1.29 is 13.7 Å². The first-order valence-electron chi connectivity index (χ1n) is 7.15. The molecule has 0 spiro atoms. The molecule has 5 heteroatoms. The Hall–Kier alpha value is -1.07. The molecule has 1 N–H and O–H groups in total. The smallest absolute Gasteiger partial charge is 0.162 e. The summed E-state index contributed by atoms with van der Waals surface area (Å²) in [6, 6.07) is 5.55. The lowest BCUT2D eigenvalue weighted by Crippen LogP contribution is -2.22. The van der Waals surface area contributed by atoms with Crippen molar-refractivity contribution in [3.05, 3.63) is 18.2 Å². The highest BCUT2D eigenvalue weighted by Gasteiger charge is 2.14. The first kappa shape index (κ1) is 15.3. The van der Waals surface area contributed by atoms with E-state index in [4.69, 9.17) is 9.47 Å². The number of ether oxygens (including phenoxy) is 2. The van der Waals surface area contributed by atoms with E-state index in [0.717, 1.165) is 30.2 Å². The highest BCUT2D eigenvalue weighted by atomic mass is 32.2. The van der Waals surface area contributed by atoms with Crippen molar-refractivity contribution in [3.63, 3.8) is 0 Å². The summed E-state index contributed by atoms with van der Waals surface area (Å²) >= 11 is 0. The van der Waals surface area contributed by atoms with Crippen LogP contribution in [0.1, 0.15) is 20.3 Å². The van der Waals surface area contributed by atoms with Crippen molar-refractivity contribution in [2.75, 3.05) is 32.1 Å². The van der Waals surface area contributed by atoms with Crippen LogP contribution in [0.25, 0.3) is 0 Å². The molecule has 0 fully saturated rings. The molecule has 0 bridgehead atoms. The second-order valence-electron chi connectivity index (χ2n) is 5.31. The Labute approximate surface area is 123 Å². The summed E-state index contributed by atoms with van der Waals surface area (Å²) in [5, 5.41) is 3.36. The summed E-state index contributed by atoms with van der Waals surface area (Å²) in [6.45, 7) is 7.42. The van der Waals surface area contributed by atoms with Crippen LogP contribution in [0.2, 0.25) is 0 Å². The molecule has 20 heavy (non-hydrogen) atoms. The van der Waals surface area contributed by atoms with E-state index in [-0.39, 0.29) is 0 Å². The van der Waals surface area contributed by atoms with E-state index in [1.807, 2.05) is 18.2 Å². The molecule has 1 unspecified atom stereocenters. The molecule has 112 valence electrons.